The standard InChI is InChI=1S/C23H23Cl2F3N2O4/c1-21(2)9-16-18(17(31)10-21)22(23(26,27)28,20(33)30(16)11-13-4-3-7-34-13)29-19(32)14-6-5-12(24)8-15(14)25/h5-6,8,13H,3-4,7,9-11H2,1-2H3,(H,29,32)/t13-,22-/m1/s1. The summed E-state index contributed by atoms with van der Waals surface area (Å²) in [5, 5.41) is 1.86. The fourth-order valence-electron chi connectivity index (χ4n) is 4.92. The van der Waals surface area contributed by atoms with Crippen molar-refractivity contribution in [3.05, 3.63) is 45.1 Å². The number of Topliss-reactive ketones (excluding diaryl/α,β-unsaturated/α-hetero) is 1. The van der Waals surface area contributed by atoms with E-state index in [1.807, 2.05) is 5.32 Å². The lowest BCUT2D eigenvalue weighted by atomic mass is 9.72. The van der Waals surface area contributed by atoms with Gasteiger partial charge in [0.15, 0.2) is 5.78 Å². The summed E-state index contributed by atoms with van der Waals surface area (Å²) in [7, 11) is 0. The van der Waals surface area contributed by atoms with Gasteiger partial charge in [0.2, 0.25) is 5.54 Å². The third-order valence-corrected chi connectivity index (χ3v) is 6.98. The Morgan fingerprint density at radius 3 is 2.53 bits per heavy atom. The number of hydrogen-bond acceptors (Lipinski definition) is 4. The molecule has 6 nitrogen and oxygen atoms in total. The number of ether oxygens (including phenoxy) is 1. The normalized spacial score (nSPS) is 26.8. The minimum absolute atomic E-state index is 0.0124. The van der Waals surface area contributed by atoms with Gasteiger partial charge in [0.05, 0.1) is 28.8 Å². The fourth-order valence-corrected chi connectivity index (χ4v) is 5.42. The van der Waals surface area contributed by atoms with Crippen LogP contribution in [0, 0.1) is 5.41 Å². The molecule has 1 saturated heterocycles. The van der Waals surface area contributed by atoms with E-state index < -0.39 is 46.4 Å². The van der Waals surface area contributed by atoms with Gasteiger partial charge in [-0.2, -0.15) is 13.2 Å². The van der Waals surface area contributed by atoms with Crippen molar-refractivity contribution in [2.24, 2.45) is 5.41 Å². The molecule has 1 fully saturated rings. The first-order chi connectivity index (χ1) is 15.8. The second kappa shape index (κ2) is 8.53. The van der Waals surface area contributed by atoms with Crippen LogP contribution in [-0.2, 0) is 14.3 Å². The predicted octanol–water partition coefficient (Wildman–Crippen LogP) is 4.69. The predicted molar refractivity (Wildman–Crippen MR) is 118 cm³/mol. The van der Waals surface area contributed by atoms with Gasteiger partial charge in [0, 0.05) is 23.7 Å². The van der Waals surface area contributed by atoms with Crippen LogP contribution < -0.4 is 5.32 Å². The minimum atomic E-state index is -5.29. The summed E-state index contributed by atoms with van der Waals surface area (Å²) in [6.45, 7) is 3.82. The number of benzene rings is 1. The molecule has 2 aliphatic heterocycles. The van der Waals surface area contributed by atoms with E-state index in [2.05, 4.69) is 0 Å². The Labute approximate surface area is 204 Å². The van der Waals surface area contributed by atoms with Crippen LogP contribution in [0.25, 0.3) is 0 Å². The Bertz CT molecular complexity index is 1100. The first-order valence-corrected chi connectivity index (χ1v) is 11.6. The molecule has 2 amide bonds. The van der Waals surface area contributed by atoms with Gasteiger partial charge in [-0.3, -0.25) is 14.4 Å². The van der Waals surface area contributed by atoms with Crippen molar-refractivity contribution < 1.29 is 32.3 Å². The smallest absolute Gasteiger partial charge is 0.376 e. The fraction of sp³-hybridized carbons (Fsp3) is 0.522. The number of ketones is 1. The molecule has 1 aromatic rings. The van der Waals surface area contributed by atoms with Crippen LogP contribution in [0.3, 0.4) is 0 Å². The molecule has 0 aromatic heterocycles. The molecule has 0 saturated carbocycles. The number of nitrogens with zero attached hydrogens (tertiary/aromatic N) is 1. The summed E-state index contributed by atoms with van der Waals surface area (Å²) >= 11 is 11.9. The minimum Gasteiger partial charge on any atom is -0.376 e. The number of alkyl halides is 3. The van der Waals surface area contributed by atoms with Gasteiger partial charge in [-0.05, 0) is 42.9 Å². The zero-order valence-corrected chi connectivity index (χ0v) is 20.0. The molecule has 1 aromatic carbocycles. The first kappa shape index (κ1) is 25.0. The van der Waals surface area contributed by atoms with Crippen molar-refractivity contribution >= 4 is 40.8 Å². The highest BCUT2D eigenvalue weighted by molar-refractivity contribution is 6.36. The lowest BCUT2D eigenvalue weighted by Gasteiger charge is -2.35. The van der Waals surface area contributed by atoms with E-state index in [0.717, 1.165) is 17.4 Å². The largest absolute Gasteiger partial charge is 0.425 e. The molecular formula is C23H23Cl2F3N2O4. The van der Waals surface area contributed by atoms with Crippen LogP contribution in [0.1, 0.15) is 49.9 Å². The Morgan fingerprint density at radius 1 is 1.24 bits per heavy atom. The molecule has 11 heteroatoms. The quantitative estimate of drug-likeness (QED) is 0.627. The molecule has 4 rings (SSSR count). The molecule has 0 spiro atoms. The third kappa shape index (κ3) is 4.12. The molecule has 34 heavy (non-hydrogen) atoms. The monoisotopic (exact) mass is 518 g/mol. The van der Waals surface area contributed by atoms with Crippen LogP contribution in [-0.4, -0.2) is 53.5 Å². The molecule has 184 valence electrons. The van der Waals surface area contributed by atoms with Crippen molar-refractivity contribution in [3.8, 4) is 0 Å². The van der Waals surface area contributed by atoms with Crippen LogP contribution in [0.4, 0.5) is 13.2 Å². The summed E-state index contributed by atoms with van der Waals surface area (Å²) in [6, 6.07) is 3.66. The Balaban J connectivity index is 1.84. The van der Waals surface area contributed by atoms with Gasteiger partial charge in [-0.25, -0.2) is 0 Å². The van der Waals surface area contributed by atoms with Crippen LogP contribution >= 0.6 is 23.2 Å². The number of allylic oxidation sites excluding steroid dienone is 1. The Hall–Kier alpha value is -2.10. The molecule has 0 unspecified atom stereocenters. The molecule has 1 N–H and O–H groups in total. The first-order valence-electron chi connectivity index (χ1n) is 10.8. The number of carbonyl (C=O) groups is 3. The van der Waals surface area contributed by atoms with Crippen LogP contribution in [0.5, 0.6) is 0 Å². The van der Waals surface area contributed by atoms with E-state index in [-0.39, 0.29) is 40.7 Å². The van der Waals surface area contributed by atoms with E-state index in [4.69, 9.17) is 27.9 Å². The highest BCUT2D eigenvalue weighted by Crippen LogP contribution is 2.52. The highest BCUT2D eigenvalue weighted by atomic mass is 35.5. The number of halogens is 5. The van der Waals surface area contributed by atoms with E-state index in [0.29, 0.717) is 13.0 Å². The van der Waals surface area contributed by atoms with Gasteiger partial charge in [-0.1, -0.05) is 37.0 Å². The van der Waals surface area contributed by atoms with Crippen LogP contribution in [0.2, 0.25) is 10.0 Å². The van der Waals surface area contributed by atoms with Gasteiger partial charge in [-0.15, -0.1) is 0 Å². The second-order valence-corrected chi connectivity index (χ2v) is 10.5. The topological polar surface area (TPSA) is 75.7 Å². The number of hydrogen-bond donors (Lipinski definition) is 1. The molecule has 2 atom stereocenters. The van der Waals surface area contributed by atoms with Crippen molar-refractivity contribution in [1.82, 2.24) is 10.2 Å². The highest BCUT2D eigenvalue weighted by Gasteiger charge is 2.71. The lowest BCUT2D eigenvalue weighted by molar-refractivity contribution is -0.191. The van der Waals surface area contributed by atoms with E-state index in [1.165, 1.54) is 12.1 Å². The maximum absolute atomic E-state index is 14.8. The number of amides is 2. The number of nitrogens with one attached hydrogen (secondary N) is 1. The average Bonchev–Trinajstić information content (AvgIpc) is 3.28. The van der Waals surface area contributed by atoms with Crippen molar-refractivity contribution in [1.29, 1.82) is 0 Å². The van der Waals surface area contributed by atoms with Crippen molar-refractivity contribution in [3.63, 3.8) is 0 Å². The summed E-state index contributed by atoms with van der Waals surface area (Å²) < 4.78 is 49.9. The molecule has 1 aliphatic carbocycles. The SMILES string of the molecule is CC1(C)CC(=O)C2=C(C1)N(C[C@H]1CCCO1)C(=O)[C@@]2(NC(=O)c1ccc(Cl)cc1Cl)C(F)(F)F. The second-order valence-electron chi connectivity index (χ2n) is 9.64. The van der Waals surface area contributed by atoms with Gasteiger partial charge >= 0.3 is 6.18 Å². The zero-order valence-electron chi connectivity index (χ0n) is 18.5. The summed E-state index contributed by atoms with van der Waals surface area (Å²) in [4.78, 5) is 40.7. The van der Waals surface area contributed by atoms with Crippen molar-refractivity contribution in [2.45, 2.75) is 57.3 Å². The third-order valence-electron chi connectivity index (χ3n) is 6.43. The molecule has 2 heterocycles. The Morgan fingerprint density at radius 2 is 1.94 bits per heavy atom. The van der Waals surface area contributed by atoms with Crippen LogP contribution in [0.15, 0.2) is 29.5 Å². The summed E-state index contributed by atoms with van der Waals surface area (Å²) in [5.41, 5.74) is -5.21. The maximum Gasteiger partial charge on any atom is 0.425 e. The average molecular weight is 519 g/mol. The van der Waals surface area contributed by atoms with E-state index in [1.54, 1.807) is 13.8 Å². The van der Waals surface area contributed by atoms with Gasteiger partial charge < -0.3 is 15.0 Å². The summed E-state index contributed by atoms with van der Waals surface area (Å²) in [5.74, 6) is -3.48. The lowest BCUT2D eigenvalue weighted by Crippen LogP contribution is -2.66. The van der Waals surface area contributed by atoms with Gasteiger partial charge in [0.25, 0.3) is 11.8 Å². The molecule has 3 aliphatic rings. The maximum atomic E-state index is 14.8. The van der Waals surface area contributed by atoms with E-state index in [9.17, 15) is 27.6 Å². The van der Waals surface area contributed by atoms with Gasteiger partial charge in [0.1, 0.15) is 0 Å². The molecular weight excluding hydrogens is 496 g/mol. The number of rotatable bonds is 4. The molecule has 0 radical (unpaired) electrons. The summed E-state index contributed by atoms with van der Waals surface area (Å²) in [6.07, 6.45) is -4.57. The zero-order chi connectivity index (χ0) is 25.1. The van der Waals surface area contributed by atoms with Crippen molar-refractivity contribution in [2.75, 3.05) is 13.2 Å². The number of carbonyl (C=O) groups excluding carboxylic acids is 3. The molecule has 0 bridgehead atoms. The Kier molecular flexibility index (Phi) is 6.28. The van der Waals surface area contributed by atoms with E-state index >= 15 is 0 Å².